The molecule has 0 aliphatic carbocycles. The number of nitrogens with two attached hydrogens (primary N) is 1. The summed E-state index contributed by atoms with van der Waals surface area (Å²) in [7, 11) is 0. The normalized spacial score (nSPS) is 34.4. The summed E-state index contributed by atoms with van der Waals surface area (Å²) in [6.45, 7) is 0.955. The predicted octanol–water partition coefficient (Wildman–Crippen LogP) is 1.21. The van der Waals surface area contributed by atoms with Gasteiger partial charge in [0.05, 0.1) is 6.10 Å². The molecule has 2 atom stereocenters. The summed E-state index contributed by atoms with van der Waals surface area (Å²) < 4.78 is 0. The second kappa shape index (κ2) is 3.98. The Kier molecular flexibility index (Phi) is 2.61. The van der Waals surface area contributed by atoms with E-state index in [0.717, 1.165) is 19.4 Å². The van der Waals surface area contributed by atoms with Gasteiger partial charge in [0.1, 0.15) is 0 Å². The van der Waals surface area contributed by atoms with E-state index in [0.29, 0.717) is 17.2 Å². The number of thiazole rings is 1. The Balaban J connectivity index is 1.72. The van der Waals surface area contributed by atoms with Gasteiger partial charge >= 0.3 is 0 Å². The van der Waals surface area contributed by atoms with Crippen molar-refractivity contribution < 1.29 is 5.11 Å². The van der Waals surface area contributed by atoms with Gasteiger partial charge in [-0.25, -0.2) is 4.98 Å². The summed E-state index contributed by atoms with van der Waals surface area (Å²) in [5.41, 5.74) is 5.64. The molecule has 5 heteroatoms. The summed E-state index contributed by atoms with van der Waals surface area (Å²) in [5.74, 6) is 0. The fourth-order valence-corrected chi connectivity index (χ4v) is 3.77. The molecule has 2 aliphatic rings. The van der Waals surface area contributed by atoms with Crippen molar-refractivity contribution in [1.29, 1.82) is 0 Å². The van der Waals surface area contributed by atoms with Crippen LogP contribution < -0.4 is 5.73 Å². The molecule has 0 aromatic carbocycles. The highest BCUT2D eigenvalue weighted by Gasteiger charge is 2.39. The quantitative estimate of drug-likeness (QED) is 0.814. The van der Waals surface area contributed by atoms with Crippen LogP contribution >= 0.6 is 11.3 Å². The minimum atomic E-state index is -0.0831. The van der Waals surface area contributed by atoms with Gasteiger partial charge in [0.2, 0.25) is 0 Å². The molecule has 3 heterocycles. The molecule has 4 nitrogen and oxygen atoms in total. The second-order valence-electron chi connectivity index (χ2n) is 4.85. The predicted molar refractivity (Wildman–Crippen MR) is 64.1 cm³/mol. The van der Waals surface area contributed by atoms with Crippen LogP contribution in [0.2, 0.25) is 0 Å². The van der Waals surface area contributed by atoms with Crippen molar-refractivity contribution in [2.24, 2.45) is 0 Å². The molecule has 3 N–H and O–H groups in total. The number of nitrogen functional groups attached to an aromatic ring is 1. The van der Waals surface area contributed by atoms with Crippen LogP contribution in [-0.4, -0.2) is 33.2 Å². The zero-order valence-electron chi connectivity index (χ0n) is 9.17. The van der Waals surface area contributed by atoms with E-state index in [1.807, 2.05) is 6.20 Å². The van der Waals surface area contributed by atoms with Crippen LogP contribution in [0.4, 0.5) is 5.13 Å². The van der Waals surface area contributed by atoms with Gasteiger partial charge in [-0.2, -0.15) is 0 Å². The Morgan fingerprint density at radius 1 is 1.44 bits per heavy atom. The topological polar surface area (TPSA) is 62.4 Å². The lowest BCUT2D eigenvalue weighted by Gasteiger charge is -2.36. The van der Waals surface area contributed by atoms with Gasteiger partial charge in [-0.05, 0) is 25.7 Å². The molecule has 0 amide bonds. The molecule has 16 heavy (non-hydrogen) atoms. The zero-order chi connectivity index (χ0) is 11.1. The Morgan fingerprint density at radius 3 is 2.69 bits per heavy atom. The first-order valence-corrected chi connectivity index (χ1v) is 6.68. The first-order valence-electron chi connectivity index (χ1n) is 5.86. The average molecular weight is 239 g/mol. The standard InChI is InChI=1S/C11H17N3OS/c12-11-13-5-10(16-11)6-14-7-1-2-8(14)4-9(15)3-7/h5,7-9,15H,1-4,6H2,(H2,12,13). The lowest BCUT2D eigenvalue weighted by molar-refractivity contribution is 0.0315. The monoisotopic (exact) mass is 239 g/mol. The van der Waals surface area contributed by atoms with Crippen molar-refractivity contribution in [3.63, 3.8) is 0 Å². The van der Waals surface area contributed by atoms with Crippen LogP contribution in [-0.2, 0) is 6.54 Å². The second-order valence-corrected chi connectivity index (χ2v) is 5.99. The van der Waals surface area contributed by atoms with Crippen LogP contribution in [0.15, 0.2) is 6.20 Å². The van der Waals surface area contributed by atoms with Crippen molar-refractivity contribution in [1.82, 2.24) is 9.88 Å². The number of aliphatic hydroxyl groups is 1. The molecular formula is C11H17N3OS. The molecule has 2 saturated heterocycles. The van der Waals surface area contributed by atoms with Gasteiger partial charge in [-0.1, -0.05) is 0 Å². The number of hydrogen-bond acceptors (Lipinski definition) is 5. The van der Waals surface area contributed by atoms with Crippen molar-refractivity contribution in [2.75, 3.05) is 5.73 Å². The number of nitrogens with zero attached hydrogens (tertiary/aromatic N) is 2. The molecule has 3 rings (SSSR count). The third-order valence-corrected chi connectivity index (χ3v) is 4.58. The zero-order valence-corrected chi connectivity index (χ0v) is 9.99. The Bertz CT molecular complexity index is 367. The highest BCUT2D eigenvalue weighted by atomic mass is 32.1. The number of rotatable bonds is 2. The number of hydrogen-bond donors (Lipinski definition) is 2. The summed E-state index contributed by atoms with van der Waals surface area (Å²) in [4.78, 5) is 7.86. The third-order valence-electron chi connectivity index (χ3n) is 3.77. The van der Waals surface area contributed by atoms with Crippen molar-refractivity contribution in [3.05, 3.63) is 11.1 Å². The van der Waals surface area contributed by atoms with Gasteiger partial charge in [-0.15, -0.1) is 11.3 Å². The molecule has 1 aromatic heterocycles. The molecule has 0 spiro atoms. The van der Waals surface area contributed by atoms with Gasteiger partial charge in [0.15, 0.2) is 5.13 Å². The van der Waals surface area contributed by atoms with Crippen molar-refractivity contribution >= 4 is 16.5 Å². The van der Waals surface area contributed by atoms with Crippen molar-refractivity contribution in [3.8, 4) is 0 Å². The molecule has 0 radical (unpaired) electrons. The van der Waals surface area contributed by atoms with Gasteiger partial charge in [-0.3, -0.25) is 4.90 Å². The summed E-state index contributed by atoms with van der Waals surface area (Å²) in [6.07, 6.45) is 6.13. The maximum Gasteiger partial charge on any atom is 0.180 e. The number of aliphatic hydroxyl groups excluding tert-OH is 1. The first-order chi connectivity index (χ1) is 7.72. The lowest BCUT2D eigenvalue weighted by Crippen LogP contribution is -2.43. The molecule has 0 saturated carbocycles. The molecule has 2 bridgehead atoms. The largest absolute Gasteiger partial charge is 0.393 e. The summed E-state index contributed by atoms with van der Waals surface area (Å²) in [6, 6.07) is 1.13. The van der Waals surface area contributed by atoms with Gasteiger partial charge < -0.3 is 10.8 Å². The Hall–Kier alpha value is -0.650. The van der Waals surface area contributed by atoms with Gasteiger partial charge in [0, 0.05) is 29.7 Å². The average Bonchev–Trinajstić information content (AvgIpc) is 2.72. The maximum atomic E-state index is 9.72. The SMILES string of the molecule is Nc1ncc(CN2C3CCC2CC(O)C3)s1. The highest BCUT2D eigenvalue weighted by molar-refractivity contribution is 7.15. The van der Waals surface area contributed by atoms with E-state index in [-0.39, 0.29) is 6.10 Å². The Labute approximate surface area is 99.1 Å². The first kappa shape index (κ1) is 10.5. The number of aromatic nitrogens is 1. The van der Waals surface area contributed by atoms with Crippen LogP contribution in [0.1, 0.15) is 30.6 Å². The minimum Gasteiger partial charge on any atom is -0.393 e. The highest BCUT2D eigenvalue weighted by Crippen LogP contribution is 2.37. The fraction of sp³-hybridized carbons (Fsp3) is 0.727. The number of piperidine rings is 1. The molecule has 2 fully saturated rings. The summed E-state index contributed by atoms with van der Waals surface area (Å²) in [5, 5.41) is 10.4. The van der Waals surface area contributed by atoms with Crippen LogP contribution in [0, 0.1) is 0 Å². The van der Waals surface area contributed by atoms with Crippen LogP contribution in [0.3, 0.4) is 0 Å². The lowest BCUT2D eigenvalue weighted by atomic mass is 10.00. The Morgan fingerprint density at radius 2 is 2.12 bits per heavy atom. The smallest absolute Gasteiger partial charge is 0.180 e. The summed E-state index contributed by atoms with van der Waals surface area (Å²) >= 11 is 1.58. The molecule has 88 valence electrons. The fourth-order valence-electron chi connectivity index (χ4n) is 3.08. The third kappa shape index (κ3) is 1.83. The van der Waals surface area contributed by atoms with E-state index in [2.05, 4.69) is 9.88 Å². The molecule has 1 aromatic rings. The molecule has 2 unspecified atom stereocenters. The van der Waals surface area contributed by atoms with E-state index >= 15 is 0 Å². The number of fused-ring (bicyclic) bond motifs is 2. The van der Waals surface area contributed by atoms with E-state index in [1.165, 1.54) is 17.7 Å². The van der Waals surface area contributed by atoms with E-state index < -0.39 is 0 Å². The van der Waals surface area contributed by atoms with E-state index in [1.54, 1.807) is 11.3 Å². The maximum absolute atomic E-state index is 9.72. The van der Waals surface area contributed by atoms with E-state index in [4.69, 9.17) is 5.73 Å². The van der Waals surface area contributed by atoms with Crippen molar-refractivity contribution in [2.45, 2.75) is 50.4 Å². The van der Waals surface area contributed by atoms with E-state index in [9.17, 15) is 5.11 Å². The van der Waals surface area contributed by atoms with Crippen LogP contribution in [0.5, 0.6) is 0 Å². The number of anilines is 1. The molecule has 2 aliphatic heterocycles. The van der Waals surface area contributed by atoms with Gasteiger partial charge in [0.25, 0.3) is 0 Å². The minimum absolute atomic E-state index is 0.0831. The van der Waals surface area contributed by atoms with Crippen LogP contribution in [0.25, 0.3) is 0 Å². The molecular weight excluding hydrogens is 222 g/mol.